The molecule has 1 heterocycles. The Bertz CT molecular complexity index is 402. The third-order valence-corrected chi connectivity index (χ3v) is 5.87. The van der Waals surface area contributed by atoms with Crippen molar-refractivity contribution in [3.8, 4) is 0 Å². The predicted octanol–water partition coefficient (Wildman–Crippen LogP) is 4.15. The third-order valence-electron chi connectivity index (χ3n) is 3.47. The van der Waals surface area contributed by atoms with Gasteiger partial charge in [0, 0.05) is 10.8 Å². The van der Waals surface area contributed by atoms with Gasteiger partial charge in [0.1, 0.15) is 0 Å². The molecule has 1 aliphatic rings. The van der Waals surface area contributed by atoms with Crippen molar-refractivity contribution in [2.24, 2.45) is 5.73 Å². The van der Waals surface area contributed by atoms with Gasteiger partial charge in [-0.1, -0.05) is 29.3 Å². The third kappa shape index (κ3) is 3.11. The SMILES string of the molecule is CC1(C(N)Cc2ccc(Cl)c(Cl)c2)CCCS1. The van der Waals surface area contributed by atoms with Crippen molar-refractivity contribution in [2.45, 2.75) is 37.0 Å². The van der Waals surface area contributed by atoms with Crippen molar-refractivity contribution in [2.75, 3.05) is 5.75 Å². The first-order chi connectivity index (χ1) is 8.01. The van der Waals surface area contributed by atoms with Gasteiger partial charge in [-0.3, -0.25) is 0 Å². The second-order valence-corrected chi connectivity index (χ2v) is 7.27. The van der Waals surface area contributed by atoms with Crippen LogP contribution in [0.3, 0.4) is 0 Å². The lowest BCUT2D eigenvalue weighted by Crippen LogP contribution is -2.42. The summed E-state index contributed by atoms with van der Waals surface area (Å²) in [5.41, 5.74) is 7.50. The van der Waals surface area contributed by atoms with Crippen LogP contribution in [0, 0.1) is 0 Å². The fourth-order valence-corrected chi connectivity index (χ4v) is 3.89. The molecular formula is C13H17Cl2NS. The standard InChI is InChI=1S/C13H17Cl2NS/c1-13(5-2-6-17-13)12(16)8-9-3-4-10(14)11(15)7-9/h3-4,7,12H,2,5-6,8,16H2,1H3. The highest BCUT2D eigenvalue weighted by Crippen LogP contribution is 2.40. The fraction of sp³-hybridized carbons (Fsp3) is 0.538. The molecule has 0 spiro atoms. The maximum absolute atomic E-state index is 6.34. The summed E-state index contributed by atoms with van der Waals surface area (Å²) in [7, 11) is 0. The monoisotopic (exact) mass is 289 g/mol. The van der Waals surface area contributed by atoms with Gasteiger partial charge >= 0.3 is 0 Å². The molecule has 0 saturated carbocycles. The van der Waals surface area contributed by atoms with Crippen LogP contribution in [0.4, 0.5) is 0 Å². The van der Waals surface area contributed by atoms with Gasteiger partial charge in [-0.15, -0.1) is 0 Å². The molecule has 2 atom stereocenters. The van der Waals surface area contributed by atoms with Crippen molar-refractivity contribution in [3.63, 3.8) is 0 Å². The molecule has 1 aromatic carbocycles. The van der Waals surface area contributed by atoms with Crippen LogP contribution in [0.2, 0.25) is 10.0 Å². The summed E-state index contributed by atoms with van der Waals surface area (Å²) in [6.07, 6.45) is 3.34. The van der Waals surface area contributed by atoms with Crippen LogP contribution >= 0.6 is 35.0 Å². The van der Waals surface area contributed by atoms with Crippen molar-refractivity contribution >= 4 is 35.0 Å². The van der Waals surface area contributed by atoms with E-state index in [0.29, 0.717) is 10.0 Å². The first kappa shape index (κ1) is 13.5. The number of hydrogen-bond donors (Lipinski definition) is 1. The molecular weight excluding hydrogens is 273 g/mol. The quantitative estimate of drug-likeness (QED) is 0.905. The molecule has 1 fully saturated rings. The largest absolute Gasteiger partial charge is 0.326 e. The Balaban J connectivity index is 2.07. The normalized spacial score (nSPS) is 26.1. The molecule has 1 aliphatic heterocycles. The number of benzene rings is 1. The first-order valence-electron chi connectivity index (χ1n) is 5.85. The molecule has 2 unspecified atom stereocenters. The van der Waals surface area contributed by atoms with Crippen LogP contribution in [0.25, 0.3) is 0 Å². The highest BCUT2D eigenvalue weighted by molar-refractivity contribution is 8.00. The lowest BCUT2D eigenvalue weighted by atomic mass is 9.91. The lowest BCUT2D eigenvalue weighted by molar-refractivity contribution is 0.482. The second-order valence-electron chi connectivity index (χ2n) is 4.82. The second kappa shape index (κ2) is 5.40. The minimum atomic E-state index is 0.173. The Hall–Kier alpha value is 0.110. The summed E-state index contributed by atoms with van der Waals surface area (Å²) >= 11 is 13.9. The van der Waals surface area contributed by atoms with Crippen molar-refractivity contribution in [3.05, 3.63) is 33.8 Å². The van der Waals surface area contributed by atoms with Gasteiger partial charge in [-0.05, 0) is 49.6 Å². The van der Waals surface area contributed by atoms with Crippen LogP contribution in [0.5, 0.6) is 0 Å². The van der Waals surface area contributed by atoms with Gasteiger partial charge in [0.05, 0.1) is 10.0 Å². The van der Waals surface area contributed by atoms with Crippen molar-refractivity contribution in [1.29, 1.82) is 0 Å². The van der Waals surface area contributed by atoms with Gasteiger partial charge in [0.25, 0.3) is 0 Å². The smallest absolute Gasteiger partial charge is 0.0595 e. The molecule has 2 N–H and O–H groups in total. The maximum Gasteiger partial charge on any atom is 0.0595 e. The number of thioether (sulfide) groups is 1. The minimum absolute atomic E-state index is 0.173. The zero-order valence-corrected chi connectivity index (χ0v) is 12.2. The summed E-state index contributed by atoms with van der Waals surface area (Å²) in [6, 6.07) is 5.95. The van der Waals surface area contributed by atoms with Crippen LogP contribution in [-0.2, 0) is 6.42 Å². The summed E-state index contributed by atoms with van der Waals surface area (Å²) in [5, 5.41) is 1.21. The van der Waals surface area contributed by atoms with Crippen molar-refractivity contribution in [1.82, 2.24) is 0 Å². The molecule has 17 heavy (non-hydrogen) atoms. The summed E-state index contributed by atoms with van der Waals surface area (Å²) in [5.74, 6) is 1.23. The van der Waals surface area contributed by atoms with E-state index in [2.05, 4.69) is 6.92 Å². The number of hydrogen-bond acceptors (Lipinski definition) is 2. The molecule has 0 radical (unpaired) electrons. The molecule has 94 valence electrons. The summed E-state index contributed by atoms with van der Waals surface area (Å²) in [6.45, 7) is 2.27. The average Bonchev–Trinajstić information content (AvgIpc) is 2.72. The highest BCUT2D eigenvalue weighted by atomic mass is 35.5. The van der Waals surface area contributed by atoms with Gasteiger partial charge in [0.2, 0.25) is 0 Å². The molecule has 0 amide bonds. The van der Waals surface area contributed by atoms with Crippen molar-refractivity contribution < 1.29 is 0 Å². The molecule has 1 aromatic rings. The molecule has 1 nitrogen and oxygen atoms in total. The summed E-state index contributed by atoms with van der Waals surface area (Å²) < 4.78 is 0.214. The maximum atomic E-state index is 6.34. The van der Waals surface area contributed by atoms with E-state index in [-0.39, 0.29) is 10.8 Å². The van der Waals surface area contributed by atoms with Crippen LogP contribution in [0.1, 0.15) is 25.3 Å². The Morgan fingerprint density at radius 2 is 2.18 bits per heavy atom. The van der Waals surface area contributed by atoms with Crippen LogP contribution in [0.15, 0.2) is 18.2 Å². The Morgan fingerprint density at radius 3 is 2.76 bits per heavy atom. The molecule has 1 saturated heterocycles. The van der Waals surface area contributed by atoms with Gasteiger partial charge < -0.3 is 5.73 Å². The van der Waals surface area contributed by atoms with Gasteiger partial charge in [0.15, 0.2) is 0 Å². The topological polar surface area (TPSA) is 26.0 Å². The van der Waals surface area contributed by atoms with E-state index in [1.54, 1.807) is 0 Å². The molecule has 0 aliphatic carbocycles. The molecule has 2 rings (SSSR count). The molecule has 0 bridgehead atoms. The zero-order chi connectivity index (χ0) is 12.5. The Labute approximate surface area is 117 Å². The van der Waals surface area contributed by atoms with Gasteiger partial charge in [-0.25, -0.2) is 0 Å². The van der Waals surface area contributed by atoms with E-state index in [9.17, 15) is 0 Å². The minimum Gasteiger partial charge on any atom is -0.326 e. The Kier molecular flexibility index (Phi) is 4.30. The highest BCUT2D eigenvalue weighted by Gasteiger charge is 2.35. The first-order valence-corrected chi connectivity index (χ1v) is 7.59. The number of halogens is 2. The zero-order valence-electron chi connectivity index (χ0n) is 9.88. The molecule has 0 aromatic heterocycles. The van der Waals surface area contributed by atoms with E-state index in [1.165, 1.54) is 24.2 Å². The number of rotatable bonds is 3. The van der Waals surface area contributed by atoms with Crippen LogP contribution in [-0.4, -0.2) is 16.5 Å². The molecule has 4 heteroatoms. The van der Waals surface area contributed by atoms with E-state index >= 15 is 0 Å². The predicted molar refractivity (Wildman–Crippen MR) is 78.2 cm³/mol. The van der Waals surface area contributed by atoms with Gasteiger partial charge in [-0.2, -0.15) is 11.8 Å². The summed E-state index contributed by atoms with van der Waals surface area (Å²) in [4.78, 5) is 0. The van der Waals surface area contributed by atoms with Crippen LogP contribution < -0.4 is 5.73 Å². The van der Waals surface area contributed by atoms with E-state index < -0.39 is 0 Å². The average molecular weight is 290 g/mol. The fourth-order valence-electron chi connectivity index (χ4n) is 2.23. The Morgan fingerprint density at radius 1 is 1.41 bits per heavy atom. The van der Waals surface area contributed by atoms with E-state index in [4.69, 9.17) is 28.9 Å². The van der Waals surface area contributed by atoms with E-state index in [0.717, 1.165) is 6.42 Å². The van der Waals surface area contributed by atoms with E-state index in [1.807, 2.05) is 30.0 Å². The lowest BCUT2D eigenvalue weighted by Gasteiger charge is -2.30. The number of nitrogens with two attached hydrogens (primary N) is 1.